The number of carbonyl (C=O) groups excluding carboxylic acids is 2. The molecule has 0 saturated heterocycles. The second kappa shape index (κ2) is 8.67. The van der Waals surface area contributed by atoms with E-state index in [1.165, 1.54) is 13.2 Å². The summed E-state index contributed by atoms with van der Waals surface area (Å²) in [6, 6.07) is 4.69. The van der Waals surface area contributed by atoms with E-state index in [-0.39, 0.29) is 28.5 Å². The van der Waals surface area contributed by atoms with Gasteiger partial charge in [-0.05, 0) is 75.0 Å². The zero-order valence-electron chi connectivity index (χ0n) is 19.8. The maximum Gasteiger partial charge on any atom is 0.311 e. The highest BCUT2D eigenvalue weighted by Gasteiger charge is 2.53. The smallest absolute Gasteiger partial charge is 0.311 e. The molecule has 0 radical (unpaired) electrons. The molecule has 0 atom stereocenters. The number of ether oxygens (including phenoxy) is 1. The molecule has 8 heteroatoms. The van der Waals surface area contributed by atoms with Crippen molar-refractivity contribution in [3.05, 3.63) is 51.6 Å². The molecule has 34 heavy (non-hydrogen) atoms. The second-order valence-electron chi connectivity index (χ2n) is 10.4. The Kier molecular flexibility index (Phi) is 5.95. The monoisotopic (exact) mass is 487 g/mol. The molecule has 0 N–H and O–H groups in total. The van der Waals surface area contributed by atoms with Gasteiger partial charge in [0.1, 0.15) is 5.82 Å². The van der Waals surface area contributed by atoms with Crippen molar-refractivity contribution in [1.82, 2.24) is 14.7 Å². The number of benzene rings is 1. The van der Waals surface area contributed by atoms with Gasteiger partial charge < -0.3 is 9.64 Å². The summed E-state index contributed by atoms with van der Waals surface area (Å²) in [4.78, 5) is 27.7. The van der Waals surface area contributed by atoms with E-state index in [2.05, 4.69) is 5.10 Å². The van der Waals surface area contributed by atoms with Crippen LogP contribution in [-0.2, 0) is 33.8 Å². The summed E-state index contributed by atoms with van der Waals surface area (Å²) < 4.78 is 21.3. The SMILES string of the molecule is COC(=O)C12CCC(CC(=O)N3CCc4c(C)nn(Cc5ccc(Cl)cc5F)c4C3)(CC1)CC2. The van der Waals surface area contributed by atoms with E-state index in [1.54, 1.807) is 12.1 Å². The Bertz CT molecular complexity index is 1120. The zero-order chi connectivity index (χ0) is 24.1. The quantitative estimate of drug-likeness (QED) is 0.567. The molecule has 0 spiro atoms. The second-order valence-corrected chi connectivity index (χ2v) is 10.9. The number of hydrogen-bond donors (Lipinski definition) is 0. The van der Waals surface area contributed by atoms with E-state index in [1.807, 2.05) is 16.5 Å². The molecule has 6 rings (SSSR count). The highest BCUT2D eigenvalue weighted by atomic mass is 35.5. The Hall–Kier alpha value is -2.41. The Morgan fingerprint density at radius 3 is 2.53 bits per heavy atom. The molecule has 2 bridgehead atoms. The average molecular weight is 488 g/mol. The van der Waals surface area contributed by atoms with Crippen LogP contribution in [0.15, 0.2) is 18.2 Å². The third-order valence-corrected chi connectivity index (χ3v) is 8.81. The first-order chi connectivity index (χ1) is 16.2. The number of aromatic nitrogens is 2. The summed E-state index contributed by atoms with van der Waals surface area (Å²) in [7, 11) is 1.47. The van der Waals surface area contributed by atoms with E-state index < -0.39 is 0 Å². The first-order valence-electron chi connectivity index (χ1n) is 12.1. The van der Waals surface area contributed by atoms with E-state index in [4.69, 9.17) is 16.3 Å². The molecule has 0 unspecified atom stereocenters. The highest BCUT2D eigenvalue weighted by molar-refractivity contribution is 6.30. The number of halogens is 2. The predicted octanol–water partition coefficient (Wildman–Crippen LogP) is 4.82. The fraction of sp³-hybridized carbons (Fsp3) is 0.577. The number of carbonyl (C=O) groups is 2. The van der Waals surface area contributed by atoms with Gasteiger partial charge in [0.05, 0.1) is 37.0 Å². The van der Waals surface area contributed by atoms with Gasteiger partial charge in [0.15, 0.2) is 0 Å². The van der Waals surface area contributed by atoms with Gasteiger partial charge in [-0.15, -0.1) is 0 Å². The van der Waals surface area contributed by atoms with Crippen LogP contribution in [0.4, 0.5) is 4.39 Å². The fourth-order valence-corrected chi connectivity index (χ4v) is 6.47. The first-order valence-corrected chi connectivity index (χ1v) is 12.5. The van der Waals surface area contributed by atoms with Crippen molar-refractivity contribution in [2.24, 2.45) is 10.8 Å². The molecule has 2 heterocycles. The summed E-state index contributed by atoms with van der Waals surface area (Å²) in [5, 5.41) is 5.03. The lowest BCUT2D eigenvalue weighted by molar-refractivity contribution is -0.164. The van der Waals surface area contributed by atoms with E-state index in [0.29, 0.717) is 36.6 Å². The van der Waals surface area contributed by atoms with Crippen LogP contribution in [0, 0.1) is 23.6 Å². The van der Waals surface area contributed by atoms with Gasteiger partial charge in [-0.2, -0.15) is 5.10 Å². The standard InChI is InChI=1S/C26H31ClFN3O3/c1-17-20-5-12-30(16-22(20)31(29-17)15-18-3-4-19(27)13-21(18)28)23(32)14-25-6-9-26(10-7-25,11-8-25)24(33)34-2/h3-4,13H,5-12,14-16H2,1-2H3. The minimum absolute atomic E-state index is 0.00424. The van der Waals surface area contributed by atoms with E-state index in [9.17, 15) is 14.0 Å². The van der Waals surface area contributed by atoms with Crippen molar-refractivity contribution < 1.29 is 18.7 Å². The van der Waals surface area contributed by atoms with Crippen molar-refractivity contribution in [1.29, 1.82) is 0 Å². The lowest BCUT2D eigenvalue weighted by Gasteiger charge is -2.52. The first kappa shape index (κ1) is 23.3. The highest BCUT2D eigenvalue weighted by Crippen LogP contribution is 2.58. The third kappa shape index (κ3) is 4.02. The van der Waals surface area contributed by atoms with Crippen LogP contribution in [0.2, 0.25) is 5.02 Å². The van der Waals surface area contributed by atoms with Crippen LogP contribution in [0.1, 0.15) is 67.5 Å². The van der Waals surface area contributed by atoms with Gasteiger partial charge in [-0.25, -0.2) is 4.39 Å². The van der Waals surface area contributed by atoms with Crippen LogP contribution in [-0.4, -0.2) is 40.2 Å². The fourth-order valence-electron chi connectivity index (χ4n) is 6.31. The zero-order valence-corrected chi connectivity index (χ0v) is 20.6. The largest absolute Gasteiger partial charge is 0.469 e. The van der Waals surface area contributed by atoms with Crippen molar-refractivity contribution in [2.45, 2.75) is 71.4 Å². The molecule has 3 aliphatic carbocycles. The Morgan fingerprint density at radius 1 is 1.18 bits per heavy atom. The van der Waals surface area contributed by atoms with Gasteiger partial charge >= 0.3 is 5.97 Å². The summed E-state index contributed by atoms with van der Waals surface area (Å²) in [6.45, 7) is 3.45. The number of aryl methyl sites for hydroxylation is 1. The average Bonchev–Trinajstić information content (AvgIpc) is 3.15. The molecule has 6 nitrogen and oxygen atoms in total. The molecule has 1 amide bonds. The minimum Gasteiger partial charge on any atom is -0.469 e. The summed E-state index contributed by atoms with van der Waals surface area (Å²) in [6.07, 6.45) is 6.44. The van der Waals surface area contributed by atoms with Crippen LogP contribution in [0.25, 0.3) is 0 Å². The summed E-state index contributed by atoms with van der Waals surface area (Å²) in [5.41, 5.74) is 3.27. The minimum atomic E-state index is -0.352. The maximum atomic E-state index is 14.4. The normalized spacial score (nSPS) is 25.8. The van der Waals surface area contributed by atoms with Gasteiger partial charge in [-0.1, -0.05) is 17.7 Å². The Morgan fingerprint density at radius 2 is 1.88 bits per heavy atom. The van der Waals surface area contributed by atoms with Gasteiger partial charge in [-0.3, -0.25) is 14.3 Å². The van der Waals surface area contributed by atoms with Crippen LogP contribution in [0.3, 0.4) is 0 Å². The maximum absolute atomic E-state index is 14.4. The van der Waals surface area contributed by atoms with Crippen molar-refractivity contribution in [3.63, 3.8) is 0 Å². The van der Waals surface area contributed by atoms with Crippen molar-refractivity contribution in [3.8, 4) is 0 Å². The molecule has 3 fully saturated rings. The molecular weight excluding hydrogens is 457 g/mol. The molecule has 3 saturated carbocycles. The molecule has 1 aliphatic heterocycles. The Balaban J connectivity index is 1.29. The number of fused-ring (bicyclic) bond motifs is 4. The number of esters is 1. The van der Waals surface area contributed by atoms with E-state index in [0.717, 1.165) is 61.9 Å². The van der Waals surface area contributed by atoms with Crippen LogP contribution in [0.5, 0.6) is 0 Å². The molecule has 4 aliphatic rings. The lowest BCUT2D eigenvalue weighted by Crippen LogP contribution is -2.48. The van der Waals surface area contributed by atoms with Gasteiger partial charge in [0, 0.05) is 23.6 Å². The molecule has 2 aromatic rings. The molecular formula is C26H31ClFN3O3. The van der Waals surface area contributed by atoms with Crippen molar-refractivity contribution >= 4 is 23.5 Å². The topological polar surface area (TPSA) is 64.4 Å². The van der Waals surface area contributed by atoms with Gasteiger partial charge in [0.2, 0.25) is 5.91 Å². The number of amides is 1. The number of rotatable bonds is 5. The van der Waals surface area contributed by atoms with Crippen LogP contribution >= 0.6 is 11.6 Å². The van der Waals surface area contributed by atoms with E-state index >= 15 is 0 Å². The molecule has 182 valence electrons. The Labute approximate surface area is 204 Å². The summed E-state index contributed by atoms with van der Waals surface area (Å²) in [5.74, 6) is -0.271. The van der Waals surface area contributed by atoms with Crippen molar-refractivity contribution in [2.75, 3.05) is 13.7 Å². The number of methoxy groups -OCH3 is 1. The molecule has 1 aromatic heterocycles. The lowest BCUT2D eigenvalue weighted by atomic mass is 9.52. The van der Waals surface area contributed by atoms with Crippen LogP contribution < -0.4 is 0 Å². The van der Waals surface area contributed by atoms with Gasteiger partial charge in [0.25, 0.3) is 0 Å². The third-order valence-electron chi connectivity index (χ3n) is 8.57. The number of nitrogens with zero attached hydrogens (tertiary/aromatic N) is 3. The molecule has 1 aromatic carbocycles. The predicted molar refractivity (Wildman–Crippen MR) is 126 cm³/mol. The number of hydrogen-bond acceptors (Lipinski definition) is 4. The summed E-state index contributed by atoms with van der Waals surface area (Å²) >= 11 is 5.90.